The predicted octanol–water partition coefficient (Wildman–Crippen LogP) is 0.0910. The summed E-state index contributed by atoms with van der Waals surface area (Å²) in [5.41, 5.74) is 0. The summed E-state index contributed by atoms with van der Waals surface area (Å²) in [7, 11) is 0. The van der Waals surface area contributed by atoms with Crippen molar-refractivity contribution in [3.8, 4) is 0 Å². The van der Waals surface area contributed by atoms with Crippen molar-refractivity contribution in [3.05, 3.63) is 0 Å². The fraction of sp³-hybridized carbons (Fsp3) is 0.500. The molecule has 0 bridgehead atoms. The maximum atomic E-state index is 9.81. The first-order chi connectivity index (χ1) is 3.13. The van der Waals surface area contributed by atoms with Crippen LogP contribution in [0.25, 0.3) is 0 Å². The molecule has 1 radical (unpaired) electrons. The summed E-state index contributed by atoms with van der Waals surface area (Å²) in [5.74, 6) is -1.12. The maximum Gasteiger partial charge on any atom is 0.310 e. The normalized spacial score (nSPS) is 6.00. The molecule has 0 heterocycles. The molecule has 0 spiro atoms. The Morgan fingerprint density at radius 2 is 1.33 bits per heavy atom. The second-order valence-corrected chi connectivity index (χ2v) is 1.09. The molecule has 9 heavy (non-hydrogen) atoms. The molecule has 0 fully saturated rings. The van der Waals surface area contributed by atoms with Crippen molar-refractivity contribution in [1.29, 1.82) is 0 Å². The summed E-state index contributed by atoms with van der Waals surface area (Å²) < 4.78 is 3.97. The van der Waals surface area contributed by atoms with Gasteiger partial charge >= 0.3 is 11.9 Å². The third-order valence-corrected chi connectivity index (χ3v) is 0.287. The van der Waals surface area contributed by atoms with Crippen molar-refractivity contribution < 1.29 is 50.9 Å². The molecule has 0 aromatic rings. The molecule has 0 atom stereocenters. The summed E-state index contributed by atoms with van der Waals surface area (Å²) in [5, 5.41) is 0. The van der Waals surface area contributed by atoms with Gasteiger partial charge in [-0.15, -0.1) is 0 Å². The average Bonchev–Trinajstić information content (AvgIpc) is 1.27. The predicted molar refractivity (Wildman–Crippen MR) is 22.4 cm³/mol. The Labute approximate surface area is 76.7 Å². The van der Waals surface area contributed by atoms with Crippen LogP contribution < -0.4 is 0 Å². The topological polar surface area (TPSA) is 43.4 Å². The zero-order valence-electron chi connectivity index (χ0n) is 5.31. The van der Waals surface area contributed by atoms with Gasteiger partial charge in [0.2, 0.25) is 0 Å². The second kappa shape index (κ2) is 8.28. The minimum atomic E-state index is -0.562. The average molecular weight is 222 g/mol. The van der Waals surface area contributed by atoms with Gasteiger partial charge in [0.25, 0.3) is 0 Å². The van der Waals surface area contributed by atoms with Gasteiger partial charge in [0.05, 0.1) is 0 Å². The molecule has 3 nitrogen and oxygen atoms in total. The Kier molecular flexibility index (Phi) is 14.8. The van der Waals surface area contributed by atoms with Crippen LogP contribution >= 0.6 is 0 Å². The van der Waals surface area contributed by atoms with Gasteiger partial charge in [-0.25, -0.2) is 0 Å². The molecule has 0 unspecified atom stereocenters. The summed E-state index contributed by atoms with van der Waals surface area (Å²) in [4.78, 5) is 19.6. The van der Waals surface area contributed by atoms with E-state index in [0.29, 0.717) is 0 Å². The Balaban J connectivity index is -0.000000180. The van der Waals surface area contributed by atoms with Gasteiger partial charge in [-0.1, -0.05) is 0 Å². The van der Waals surface area contributed by atoms with Crippen LogP contribution in [0, 0.1) is 0 Å². The van der Waals surface area contributed by atoms with Gasteiger partial charge in [-0.05, 0) is 0 Å². The van der Waals surface area contributed by atoms with Gasteiger partial charge < -0.3 is 4.74 Å². The van der Waals surface area contributed by atoms with E-state index in [1.54, 1.807) is 0 Å². The van der Waals surface area contributed by atoms with E-state index in [1.807, 2.05) is 0 Å². The number of carbonyl (C=O) groups is 2. The minimum Gasteiger partial charge on any atom is -0.394 e. The number of esters is 2. The molecule has 5 heteroatoms. The first-order valence-corrected chi connectivity index (χ1v) is 1.82. The van der Waals surface area contributed by atoms with Crippen molar-refractivity contribution >= 4 is 11.9 Å². The molecular formula is C4H6MnO3Zn. The third-order valence-electron chi connectivity index (χ3n) is 0.287. The van der Waals surface area contributed by atoms with Crippen LogP contribution in [0.4, 0.5) is 0 Å². The monoisotopic (exact) mass is 221 g/mol. The molecular weight excluding hydrogens is 216 g/mol. The smallest absolute Gasteiger partial charge is 0.310 e. The Bertz CT molecular complexity index is 92.0. The zero-order chi connectivity index (χ0) is 5.86. The standard InChI is InChI=1S/C4H6O3.Mn.Zn/c1-3(5)7-4(2)6;;/h1-2H3;;. The molecule has 0 aromatic heterocycles. The maximum absolute atomic E-state index is 9.81. The van der Waals surface area contributed by atoms with Crippen LogP contribution in [0.5, 0.6) is 0 Å². The van der Waals surface area contributed by atoms with Gasteiger partial charge in [0.15, 0.2) is 0 Å². The van der Waals surface area contributed by atoms with E-state index in [4.69, 9.17) is 0 Å². The summed E-state index contributed by atoms with van der Waals surface area (Å²) >= 11 is 0. The molecule has 0 N–H and O–H groups in total. The van der Waals surface area contributed by atoms with Crippen LogP contribution in [-0.4, -0.2) is 11.9 Å². The Morgan fingerprint density at radius 3 is 1.33 bits per heavy atom. The van der Waals surface area contributed by atoms with E-state index in [-0.39, 0.29) is 36.5 Å². The van der Waals surface area contributed by atoms with E-state index in [0.717, 1.165) is 0 Å². The molecule has 49 valence electrons. The quantitative estimate of drug-likeness (QED) is 0.331. The largest absolute Gasteiger partial charge is 0.394 e. The molecule has 0 saturated heterocycles. The summed E-state index contributed by atoms with van der Waals surface area (Å²) in [6, 6.07) is 0. The van der Waals surface area contributed by atoms with E-state index < -0.39 is 11.9 Å². The van der Waals surface area contributed by atoms with Crippen LogP contribution in [-0.2, 0) is 50.9 Å². The van der Waals surface area contributed by atoms with Crippen molar-refractivity contribution in [2.45, 2.75) is 13.8 Å². The van der Waals surface area contributed by atoms with E-state index >= 15 is 0 Å². The molecule has 0 saturated carbocycles. The van der Waals surface area contributed by atoms with Crippen LogP contribution in [0.2, 0.25) is 0 Å². The molecule has 0 aliphatic carbocycles. The first-order valence-electron chi connectivity index (χ1n) is 1.82. The Hall–Kier alpha value is 0.283. The van der Waals surface area contributed by atoms with Gasteiger partial charge in [0.1, 0.15) is 0 Å². The van der Waals surface area contributed by atoms with Crippen molar-refractivity contribution in [2.24, 2.45) is 0 Å². The van der Waals surface area contributed by atoms with Crippen LogP contribution in [0.1, 0.15) is 13.8 Å². The molecule has 0 aromatic carbocycles. The first kappa shape index (κ1) is 16.1. The third kappa shape index (κ3) is 17.8. The van der Waals surface area contributed by atoms with Gasteiger partial charge in [0, 0.05) is 50.4 Å². The summed E-state index contributed by atoms with van der Waals surface area (Å²) in [6.07, 6.45) is 0. The molecule has 0 aliphatic rings. The minimum absolute atomic E-state index is 0. The van der Waals surface area contributed by atoms with E-state index in [1.165, 1.54) is 13.8 Å². The van der Waals surface area contributed by atoms with Gasteiger partial charge in [-0.2, -0.15) is 0 Å². The van der Waals surface area contributed by atoms with Crippen LogP contribution in [0.15, 0.2) is 0 Å². The fourth-order valence-corrected chi connectivity index (χ4v) is 0.202. The number of rotatable bonds is 0. The second-order valence-electron chi connectivity index (χ2n) is 1.09. The van der Waals surface area contributed by atoms with Crippen molar-refractivity contribution in [1.82, 2.24) is 0 Å². The number of ether oxygens (including phenoxy) is 1. The summed E-state index contributed by atoms with van der Waals surface area (Å²) in [6.45, 7) is 2.36. The Morgan fingerprint density at radius 1 is 1.11 bits per heavy atom. The number of hydrogen-bond donors (Lipinski definition) is 0. The number of carbonyl (C=O) groups excluding carboxylic acids is 2. The van der Waals surface area contributed by atoms with Gasteiger partial charge in [-0.3, -0.25) is 9.59 Å². The molecule has 0 aliphatic heterocycles. The van der Waals surface area contributed by atoms with E-state index in [9.17, 15) is 9.59 Å². The fourth-order valence-electron chi connectivity index (χ4n) is 0.202. The van der Waals surface area contributed by atoms with Crippen molar-refractivity contribution in [2.75, 3.05) is 0 Å². The number of hydrogen-bond acceptors (Lipinski definition) is 3. The molecule has 0 amide bonds. The SMILES string of the molecule is CC(=O)OC(C)=O.[Mn].[Zn]. The molecule has 0 rings (SSSR count). The van der Waals surface area contributed by atoms with E-state index in [2.05, 4.69) is 4.74 Å². The van der Waals surface area contributed by atoms with Crippen molar-refractivity contribution in [3.63, 3.8) is 0 Å². The zero-order valence-corrected chi connectivity index (χ0v) is 9.46. The van der Waals surface area contributed by atoms with Crippen LogP contribution in [0.3, 0.4) is 0 Å².